The third-order valence-electron chi connectivity index (χ3n) is 4.30. The molecule has 0 bridgehead atoms. The van der Waals surface area contributed by atoms with Gasteiger partial charge in [0.25, 0.3) is 0 Å². The third-order valence-corrected chi connectivity index (χ3v) is 4.81. The molecule has 1 aliphatic heterocycles. The van der Waals surface area contributed by atoms with Gasteiger partial charge in [-0.1, -0.05) is 72.9 Å². The molecule has 3 rings (SSSR count). The average Bonchev–Trinajstić information content (AvgIpc) is 2.90. The van der Waals surface area contributed by atoms with Crippen LogP contribution in [-0.2, 0) is 5.54 Å². The minimum Gasteiger partial charge on any atom is -0.336 e. The highest BCUT2D eigenvalue weighted by atomic mass is 32.1. The van der Waals surface area contributed by atoms with E-state index in [1.807, 2.05) is 19.1 Å². The van der Waals surface area contributed by atoms with Gasteiger partial charge in [-0.3, -0.25) is 4.99 Å². The van der Waals surface area contributed by atoms with Crippen LogP contribution in [0.4, 0.5) is 0 Å². The van der Waals surface area contributed by atoms with Crippen LogP contribution < -0.4 is 5.32 Å². The molecule has 0 radical (unpaired) electrons. The van der Waals surface area contributed by atoms with E-state index in [2.05, 4.69) is 77.6 Å². The maximum Gasteiger partial charge on any atom is 0.200 e. The Bertz CT molecular complexity index is 698. The van der Waals surface area contributed by atoms with Crippen molar-refractivity contribution in [3.8, 4) is 0 Å². The summed E-state index contributed by atoms with van der Waals surface area (Å²) in [5.41, 5.74) is 1.71. The maximum absolute atomic E-state index is 5.99. The fourth-order valence-corrected chi connectivity index (χ4v) is 3.82. The summed E-state index contributed by atoms with van der Waals surface area (Å²) in [6.45, 7) is 7.05. The van der Waals surface area contributed by atoms with Crippen molar-refractivity contribution in [1.82, 2.24) is 10.2 Å². The molecule has 0 saturated carbocycles. The van der Waals surface area contributed by atoms with Gasteiger partial charge < -0.3 is 10.2 Å². The molecule has 1 saturated heterocycles. The molecule has 1 fully saturated rings. The summed E-state index contributed by atoms with van der Waals surface area (Å²) in [4.78, 5) is 7.65. The quantitative estimate of drug-likeness (QED) is 0.856. The Morgan fingerprint density at radius 1 is 1.00 bits per heavy atom. The van der Waals surface area contributed by atoms with Crippen molar-refractivity contribution < 1.29 is 0 Å². The number of hydrogen-bond donors (Lipinski definition) is 1. The summed E-state index contributed by atoms with van der Waals surface area (Å²) >= 11 is 5.99. The van der Waals surface area contributed by atoms with E-state index in [9.17, 15) is 0 Å². The number of guanidine groups is 1. The standard InChI is InChI=1S/C20H23N3S/c1-4-21-19-22-20(16-11-7-5-8-12-16,17-13-9-6-10-14-17)18(24)23(19)15(2)3/h5-15H,4H2,1-3H3,(H,21,22). The lowest BCUT2D eigenvalue weighted by Crippen LogP contribution is -2.44. The Kier molecular flexibility index (Phi) is 4.67. The highest BCUT2D eigenvalue weighted by Crippen LogP contribution is 2.37. The molecule has 2 aromatic carbocycles. The van der Waals surface area contributed by atoms with Crippen molar-refractivity contribution in [3.63, 3.8) is 0 Å². The van der Waals surface area contributed by atoms with Gasteiger partial charge in [0.1, 0.15) is 10.5 Å². The van der Waals surface area contributed by atoms with Gasteiger partial charge in [-0.2, -0.15) is 0 Å². The second-order valence-electron chi connectivity index (χ2n) is 6.17. The lowest BCUT2D eigenvalue weighted by Gasteiger charge is -2.31. The summed E-state index contributed by atoms with van der Waals surface area (Å²) in [6.07, 6.45) is 0. The number of nitrogens with one attached hydrogen (secondary N) is 1. The van der Waals surface area contributed by atoms with E-state index in [-0.39, 0.29) is 6.04 Å². The summed E-state index contributed by atoms with van der Waals surface area (Å²) < 4.78 is 0. The van der Waals surface area contributed by atoms with Crippen molar-refractivity contribution in [1.29, 1.82) is 0 Å². The lowest BCUT2D eigenvalue weighted by atomic mass is 9.83. The molecule has 0 spiro atoms. The molecule has 1 N–H and O–H groups in total. The first-order valence-corrected chi connectivity index (χ1v) is 8.79. The highest BCUT2D eigenvalue weighted by molar-refractivity contribution is 7.80. The van der Waals surface area contributed by atoms with Crippen LogP contribution in [0.3, 0.4) is 0 Å². The van der Waals surface area contributed by atoms with Gasteiger partial charge in [0.2, 0.25) is 5.96 Å². The predicted molar refractivity (Wildman–Crippen MR) is 104 cm³/mol. The molecule has 1 aliphatic rings. The van der Waals surface area contributed by atoms with Gasteiger partial charge in [0.15, 0.2) is 0 Å². The molecule has 24 heavy (non-hydrogen) atoms. The van der Waals surface area contributed by atoms with E-state index in [1.165, 1.54) is 0 Å². The van der Waals surface area contributed by atoms with Crippen LogP contribution in [0.1, 0.15) is 31.9 Å². The predicted octanol–water partition coefficient (Wildman–Crippen LogP) is 3.95. The maximum atomic E-state index is 5.99. The van der Waals surface area contributed by atoms with E-state index in [0.29, 0.717) is 6.54 Å². The van der Waals surface area contributed by atoms with E-state index in [4.69, 9.17) is 12.2 Å². The number of aliphatic imine (C=N–C) groups is 1. The highest BCUT2D eigenvalue weighted by Gasteiger charge is 2.49. The molecule has 124 valence electrons. The van der Waals surface area contributed by atoms with Gasteiger partial charge in [0.05, 0.1) is 0 Å². The Hall–Kier alpha value is -2.20. The van der Waals surface area contributed by atoms with Crippen LogP contribution in [0.15, 0.2) is 65.7 Å². The molecule has 1 heterocycles. The monoisotopic (exact) mass is 337 g/mol. The molecule has 0 atom stereocenters. The van der Waals surface area contributed by atoms with Gasteiger partial charge in [0, 0.05) is 12.6 Å². The summed E-state index contributed by atoms with van der Waals surface area (Å²) in [5.74, 6) is 0.852. The number of thiocarbonyl (C=S) groups is 1. The van der Waals surface area contributed by atoms with Crippen molar-refractivity contribution in [2.45, 2.75) is 32.4 Å². The molecule has 2 aromatic rings. The normalized spacial score (nSPS) is 18.2. The van der Waals surface area contributed by atoms with E-state index < -0.39 is 5.54 Å². The minimum absolute atomic E-state index is 0.240. The molecule has 0 unspecified atom stereocenters. The zero-order valence-electron chi connectivity index (χ0n) is 14.4. The van der Waals surface area contributed by atoms with Crippen LogP contribution in [-0.4, -0.2) is 28.4 Å². The van der Waals surface area contributed by atoms with Crippen LogP contribution in [0.2, 0.25) is 0 Å². The fraction of sp³-hybridized carbons (Fsp3) is 0.300. The topological polar surface area (TPSA) is 27.6 Å². The second-order valence-corrected chi connectivity index (χ2v) is 6.56. The van der Waals surface area contributed by atoms with E-state index in [0.717, 1.165) is 22.1 Å². The zero-order chi connectivity index (χ0) is 17.2. The van der Waals surface area contributed by atoms with Crippen LogP contribution in [0.25, 0.3) is 0 Å². The summed E-state index contributed by atoms with van der Waals surface area (Å²) in [5, 5.41) is 3.65. The first-order valence-electron chi connectivity index (χ1n) is 8.38. The fourth-order valence-electron chi connectivity index (χ4n) is 3.24. The lowest BCUT2D eigenvalue weighted by molar-refractivity contribution is 0.506. The summed E-state index contributed by atoms with van der Waals surface area (Å²) in [7, 11) is 0. The average molecular weight is 337 g/mol. The van der Waals surface area contributed by atoms with Gasteiger partial charge in [-0.05, 0) is 31.9 Å². The van der Waals surface area contributed by atoms with Crippen LogP contribution >= 0.6 is 12.2 Å². The number of hydrogen-bond acceptors (Lipinski definition) is 2. The van der Waals surface area contributed by atoms with Gasteiger partial charge >= 0.3 is 0 Å². The van der Waals surface area contributed by atoms with Crippen LogP contribution in [0, 0.1) is 0 Å². The van der Waals surface area contributed by atoms with Crippen LogP contribution in [0.5, 0.6) is 0 Å². The van der Waals surface area contributed by atoms with Crippen molar-refractivity contribution in [2.75, 3.05) is 6.54 Å². The number of rotatable bonds is 4. The molecule has 3 nitrogen and oxygen atoms in total. The smallest absolute Gasteiger partial charge is 0.200 e. The minimum atomic E-state index is -0.559. The zero-order valence-corrected chi connectivity index (χ0v) is 15.2. The summed E-state index contributed by atoms with van der Waals surface area (Å²) in [6, 6.07) is 21.0. The van der Waals surface area contributed by atoms with E-state index >= 15 is 0 Å². The molecular weight excluding hydrogens is 314 g/mol. The third kappa shape index (κ3) is 2.61. The van der Waals surface area contributed by atoms with Gasteiger partial charge in [-0.25, -0.2) is 0 Å². The molecule has 0 amide bonds. The largest absolute Gasteiger partial charge is 0.336 e. The Labute approximate surface area is 149 Å². The van der Waals surface area contributed by atoms with Crippen molar-refractivity contribution in [3.05, 3.63) is 71.8 Å². The second kappa shape index (κ2) is 6.73. The van der Waals surface area contributed by atoms with Gasteiger partial charge in [-0.15, -0.1) is 0 Å². The first-order chi connectivity index (χ1) is 11.6. The van der Waals surface area contributed by atoms with Crippen molar-refractivity contribution in [2.24, 2.45) is 4.99 Å². The van der Waals surface area contributed by atoms with Crippen molar-refractivity contribution >= 4 is 23.2 Å². The SMILES string of the molecule is CCN=C1NC(c2ccccc2)(c2ccccc2)C(=S)N1C(C)C. The Balaban J connectivity index is 2.24. The molecule has 0 aromatic heterocycles. The molecule has 0 aliphatic carbocycles. The molecule has 4 heteroatoms. The molecular formula is C20H23N3S. The number of nitrogens with zero attached hydrogens (tertiary/aromatic N) is 2. The van der Waals surface area contributed by atoms with E-state index in [1.54, 1.807) is 0 Å². The Morgan fingerprint density at radius 2 is 1.50 bits per heavy atom. The number of benzene rings is 2. The first kappa shape index (κ1) is 16.7. The Morgan fingerprint density at radius 3 is 1.92 bits per heavy atom.